The molecule has 100 valence electrons. The average Bonchev–Trinajstić information content (AvgIpc) is 2.39. The van der Waals surface area contributed by atoms with Crippen LogP contribution in [0.25, 0.3) is 0 Å². The Bertz CT molecular complexity index is 393. The topological polar surface area (TPSA) is 34.2 Å². The summed E-state index contributed by atoms with van der Waals surface area (Å²) >= 11 is 3.40. The minimum Gasteiger partial charge on any atom is -0.375 e. The molecule has 0 radical (unpaired) electrons. The number of nitrogens with one attached hydrogen (secondary N) is 1. The number of pyridine rings is 1. The average molecular weight is 313 g/mol. The quantitative estimate of drug-likeness (QED) is 0.853. The Morgan fingerprint density at radius 1 is 1.44 bits per heavy atom. The summed E-state index contributed by atoms with van der Waals surface area (Å²) in [5.41, 5.74) is 0.0575. The molecular weight excluding hydrogens is 292 g/mol. The lowest BCUT2D eigenvalue weighted by atomic mass is 9.86. The van der Waals surface area contributed by atoms with Crippen molar-refractivity contribution in [3.05, 3.63) is 22.8 Å². The van der Waals surface area contributed by atoms with E-state index in [4.69, 9.17) is 4.74 Å². The number of aromatic nitrogens is 1. The van der Waals surface area contributed by atoms with Gasteiger partial charge in [-0.15, -0.1) is 0 Å². The minimum atomic E-state index is 0.0575. The van der Waals surface area contributed by atoms with Gasteiger partial charge in [0.15, 0.2) is 0 Å². The molecule has 1 atom stereocenters. The van der Waals surface area contributed by atoms with Crippen LogP contribution in [0, 0.1) is 0 Å². The lowest BCUT2D eigenvalue weighted by Crippen LogP contribution is -2.43. The number of anilines is 1. The van der Waals surface area contributed by atoms with E-state index in [2.05, 4.69) is 40.1 Å². The first-order valence-corrected chi connectivity index (χ1v) is 7.50. The van der Waals surface area contributed by atoms with E-state index in [-0.39, 0.29) is 5.60 Å². The van der Waals surface area contributed by atoms with Gasteiger partial charge >= 0.3 is 0 Å². The minimum absolute atomic E-state index is 0.0575. The first kappa shape index (κ1) is 13.8. The van der Waals surface area contributed by atoms with Gasteiger partial charge in [0.1, 0.15) is 10.4 Å². The van der Waals surface area contributed by atoms with Crippen molar-refractivity contribution >= 4 is 21.7 Å². The summed E-state index contributed by atoms with van der Waals surface area (Å²) in [6, 6.07) is 6.42. The van der Waals surface area contributed by atoms with Crippen LogP contribution in [0.4, 0.5) is 5.82 Å². The third-order valence-corrected chi connectivity index (χ3v) is 4.29. The maximum atomic E-state index is 5.99. The molecule has 1 unspecified atom stereocenters. The molecule has 0 aromatic carbocycles. The fraction of sp³-hybridized carbons (Fsp3) is 0.643. The van der Waals surface area contributed by atoms with E-state index in [1.165, 1.54) is 0 Å². The van der Waals surface area contributed by atoms with Crippen LogP contribution in [-0.2, 0) is 4.74 Å². The molecule has 2 rings (SSSR count). The predicted molar refractivity (Wildman–Crippen MR) is 77.8 cm³/mol. The zero-order valence-corrected chi connectivity index (χ0v) is 12.7. The highest BCUT2D eigenvalue weighted by atomic mass is 79.9. The van der Waals surface area contributed by atoms with Crippen LogP contribution in [-0.4, -0.2) is 23.2 Å². The highest BCUT2D eigenvalue weighted by Crippen LogP contribution is 2.32. The number of nitrogens with zero attached hydrogens (tertiary/aromatic N) is 1. The fourth-order valence-corrected chi connectivity index (χ4v) is 2.94. The van der Waals surface area contributed by atoms with Crippen molar-refractivity contribution in [2.45, 2.75) is 51.2 Å². The third kappa shape index (κ3) is 3.23. The molecule has 0 aliphatic carbocycles. The summed E-state index contributed by atoms with van der Waals surface area (Å²) < 4.78 is 6.86. The van der Waals surface area contributed by atoms with Gasteiger partial charge in [0.2, 0.25) is 0 Å². The molecule has 0 saturated carbocycles. The highest BCUT2D eigenvalue weighted by molar-refractivity contribution is 9.10. The van der Waals surface area contributed by atoms with E-state index in [9.17, 15) is 0 Å². The smallest absolute Gasteiger partial charge is 0.127 e. The van der Waals surface area contributed by atoms with E-state index in [1.807, 2.05) is 18.2 Å². The molecule has 1 aromatic rings. The van der Waals surface area contributed by atoms with Crippen molar-refractivity contribution < 1.29 is 4.74 Å². The summed E-state index contributed by atoms with van der Waals surface area (Å²) in [6.07, 6.45) is 4.27. The molecule has 1 aromatic heterocycles. The monoisotopic (exact) mass is 312 g/mol. The van der Waals surface area contributed by atoms with Crippen LogP contribution >= 0.6 is 15.9 Å². The standard InChI is InChI=1S/C14H21BrN2O/c1-3-14(4-2)10-11(8-9-18-14)16-13-7-5-6-12(15)17-13/h5-7,11H,3-4,8-10H2,1-2H3,(H,16,17). The first-order chi connectivity index (χ1) is 8.67. The number of ether oxygens (including phenoxy) is 1. The maximum absolute atomic E-state index is 5.99. The molecule has 0 spiro atoms. The summed E-state index contributed by atoms with van der Waals surface area (Å²) in [5, 5.41) is 3.52. The molecule has 3 nitrogen and oxygen atoms in total. The second kappa shape index (κ2) is 6.02. The van der Waals surface area contributed by atoms with Crippen LogP contribution in [0.5, 0.6) is 0 Å². The molecule has 18 heavy (non-hydrogen) atoms. The first-order valence-electron chi connectivity index (χ1n) is 6.70. The lowest BCUT2D eigenvalue weighted by molar-refractivity contribution is -0.0864. The summed E-state index contributed by atoms with van der Waals surface area (Å²) in [6.45, 7) is 5.26. The van der Waals surface area contributed by atoms with Gasteiger partial charge in [0, 0.05) is 12.6 Å². The Morgan fingerprint density at radius 3 is 2.89 bits per heavy atom. The SMILES string of the molecule is CCC1(CC)CC(Nc2cccc(Br)n2)CCO1. The summed E-state index contributed by atoms with van der Waals surface area (Å²) in [5.74, 6) is 0.942. The van der Waals surface area contributed by atoms with Crippen LogP contribution in [0.3, 0.4) is 0 Å². The van der Waals surface area contributed by atoms with Crippen molar-refractivity contribution in [2.75, 3.05) is 11.9 Å². The Balaban J connectivity index is 2.01. The molecule has 0 bridgehead atoms. The zero-order chi connectivity index (χ0) is 13.0. The van der Waals surface area contributed by atoms with Gasteiger partial charge in [-0.2, -0.15) is 0 Å². The van der Waals surface area contributed by atoms with E-state index >= 15 is 0 Å². The Kier molecular flexibility index (Phi) is 4.62. The fourth-order valence-electron chi connectivity index (χ4n) is 2.59. The largest absolute Gasteiger partial charge is 0.375 e. The lowest BCUT2D eigenvalue weighted by Gasteiger charge is -2.40. The van der Waals surface area contributed by atoms with Crippen LogP contribution in [0.1, 0.15) is 39.5 Å². The van der Waals surface area contributed by atoms with Crippen molar-refractivity contribution in [2.24, 2.45) is 0 Å². The zero-order valence-electron chi connectivity index (χ0n) is 11.1. The predicted octanol–water partition coefficient (Wildman–Crippen LogP) is 3.99. The van der Waals surface area contributed by atoms with Crippen molar-refractivity contribution in [1.82, 2.24) is 4.98 Å². The van der Waals surface area contributed by atoms with Crippen LogP contribution in [0.2, 0.25) is 0 Å². The molecule has 4 heteroatoms. The molecule has 1 N–H and O–H groups in total. The van der Waals surface area contributed by atoms with Gasteiger partial charge < -0.3 is 10.1 Å². The molecule has 1 aliphatic heterocycles. The highest BCUT2D eigenvalue weighted by Gasteiger charge is 2.34. The number of hydrogen-bond acceptors (Lipinski definition) is 3. The van der Waals surface area contributed by atoms with Gasteiger partial charge in [0.25, 0.3) is 0 Å². The number of hydrogen-bond donors (Lipinski definition) is 1. The summed E-state index contributed by atoms with van der Waals surface area (Å²) in [7, 11) is 0. The van der Waals surface area contributed by atoms with E-state index in [0.717, 1.165) is 42.7 Å². The number of halogens is 1. The molecule has 2 heterocycles. The molecular formula is C14H21BrN2O. The van der Waals surface area contributed by atoms with Crippen LogP contribution in [0.15, 0.2) is 22.8 Å². The van der Waals surface area contributed by atoms with Gasteiger partial charge in [-0.25, -0.2) is 4.98 Å². The number of rotatable bonds is 4. The van der Waals surface area contributed by atoms with Gasteiger partial charge in [0.05, 0.1) is 5.60 Å². The van der Waals surface area contributed by atoms with E-state index < -0.39 is 0 Å². The third-order valence-electron chi connectivity index (χ3n) is 3.85. The van der Waals surface area contributed by atoms with Crippen molar-refractivity contribution in [1.29, 1.82) is 0 Å². The summed E-state index contributed by atoms with van der Waals surface area (Å²) in [4.78, 5) is 4.43. The van der Waals surface area contributed by atoms with Gasteiger partial charge in [-0.3, -0.25) is 0 Å². The van der Waals surface area contributed by atoms with Crippen molar-refractivity contribution in [3.8, 4) is 0 Å². The van der Waals surface area contributed by atoms with Crippen LogP contribution < -0.4 is 5.32 Å². The second-order valence-corrected chi connectivity index (χ2v) is 5.73. The Morgan fingerprint density at radius 2 is 2.22 bits per heavy atom. The molecule has 1 fully saturated rings. The normalized spacial score (nSPS) is 22.7. The maximum Gasteiger partial charge on any atom is 0.127 e. The Labute approximate surface area is 117 Å². The Hall–Kier alpha value is -0.610. The van der Waals surface area contributed by atoms with Gasteiger partial charge in [-0.05, 0) is 53.7 Å². The second-order valence-electron chi connectivity index (χ2n) is 4.92. The molecule has 0 amide bonds. The van der Waals surface area contributed by atoms with E-state index in [0.29, 0.717) is 6.04 Å². The van der Waals surface area contributed by atoms with Crippen molar-refractivity contribution in [3.63, 3.8) is 0 Å². The van der Waals surface area contributed by atoms with E-state index in [1.54, 1.807) is 0 Å². The molecule has 1 aliphatic rings. The molecule has 1 saturated heterocycles. The van der Waals surface area contributed by atoms with Gasteiger partial charge in [-0.1, -0.05) is 19.9 Å².